The first kappa shape index (κ1) is 28.1. The molecule has 1 fully saturated rings. The highest BCUT2D eigenvalue weighted by Crippen LogP contribution is 2.41. The first-order chi connectivity index (χ1) is 19.8. The summed E-state index contributed by atoms with van der Waals surface area (Å²) in [4.78, 5) is 29.6. The van der Waals surface area contributed by atoms with Gasteiger partial charge < -0.3 is 30.4 Å². The largest absolute Gasteiger partial charge is 0.493 e. The van der Waals surface area contributed by atoms with Crippen LogP contribution in [0.25, 0.3) is 11.3 Å². The molecule has 3 aromatic carbocycles. The fourth-order valence-electron chi connectivity index (χ4n) is 4.88. The van der Waals surface area contributed by atoms with Gasteiger partial charge in [-0.2, -0.15) is 0 Å². The van der Waals surface area contributed by atoms with Crippen molar-refractivity contribution < 1.29 is 29.2 Å². The number of aliphatic hydroxyl groups is 2. The van der Waals surface area contributed by atoms with E-state index in [0.29, 0.717) is 17.2 Å². The molecule has 214 valence electrons. The standard InChI is InChI=1S/C31H32FN3O6/c1-18(19-5-3-2-4-6-19)28(29(38)33-26-14-11-22(15-25(26)32)20-7-8-20)35-30(39)27(34-31(35)40)21-9-12-24(13-10-21)41-17-23(37)16-36/h2-6,9-15,18,20,23,28,36-37,39H,7-8,16-17H2,1H3,(H,33,38)(H,34,40)/t18-,23+,28-/m0/s1. The summed E-state index contributed by atoms with van der Waals surface area (Å²) >= 11 is 0. The van der Waals surface area contributed by atoms with Gasteiger partial charge in [0, 0.05) is 11.5 Å². The van der Waals surface area contributed by atoms with E-state index in [9.17, 15) is 24.2 Å². The quantitative estimate of drug-likeness (QED) is 0.185. The molecule has 0 bridgehead atoms. The third-order valence-electron chi connectivity index (χ3n) is 7.34. The Kier molecular flexibility index (Phi) is 8.23. The SMILES string of the molecule is C[C@@H](c1ccccc1)[C@@H](C(=O)Nc1ccc(C2CC2)cc1F)n1c(O)c(-c2ccc(OC[C@H](O)CO)cc2)[nH]c1=O. The molecular formula is C31H32FN3O6. The average molecular weight is 562 g/mol. The van der Waals surface area contributed by atoms with E-state index in [2.05, 4.69) is 10.3 Å². The van der Waals surface area contributed by atoms with Crippen molar-refractivity contribution in [3.05, 3.63) is 100 Å². The molecule has 1 heterocycles. The lowest BCUT2D eigenvalue weighted by atomic mass is 9.92. The molecule has 5 rings (SSSR count). The molecule has 3 atom stereocenters. The lowest BCUT2D eigenvalue weighted by molar-refractivity contribution is -0.120. The number of aromatic nitrogens is 2. The number of carbonyl (C=O) groups excluding carboxylic acids is 1. The zero-order valence-electron chi connectivity index (χ0n) is 22.5. The number of imidazole rings is 1. The lowest BCUT2D eigenvalue weighted by Gasteiger charge is -2.25. The van der Waals surface area contributed by atoms with E-state index >= 15 is 0 Å². The summed E-state index contributed by atoms with van der Waals surface area (Å²) in [5.74, 6) is -1.49. The minimum Gasteiger partial charge on any atom is -0.493 e. The van der Waals surface area contributed by atoms with E-state index in [-0.39, 0.29) is 18.0 Å². The maximum atomic E-state index is 14.9. The van der Waals surface area contributed by atoms with E-state index in [0.717, 1.165) is 28.5 Å². The van der Waals surface area contributed by atoms with Crippen molar-refractivity contribution in [1.82, 2.24) is 9.55 Å². The Hall–Kier alpha value is -4.41. The minimum atomic E-state index is -1.22. The first-order valence-electron chi connectivity index (χ1n) is 13.5. The molecule has 0 unspecified atom stereocenters. The van der Waals surface area contributed by atoms with Gasteiger partial charge in [0.25, 0.3) is 0 Å². The summed E-state index contributed by atoms with van der Waals surface area (Å²) < 4.78 is 21.4. The number of carbonyl (C=O) groups is 1. The molecule has 1 aromatic heterocycles. The van der Waals surface area contributed by atoms with Crippen LogP contribution in [-0.4, -0.2) is 50.1 Å². The van der Waals surface area contributed by atoms with Gasteiger partial charge in [-0.15, -0.1) is 0 Å². The maximum Gasteiger partial charge on any atom is 0.329 e. The van der Waals surface area contributed by atoms with Crippen molar-refractivity contribution >= 4 is 11.6 Å². The van der Waals surface area contributed by atoms with Gasteiger partial charge in [0.2, 0.25) is 11.8 Å². The molecule has 1 aliphatic carbocycles. The summed E-state index contributed by atoms with van der Waals surface area (Å²) in [7, 11) is 0. The van der Waals surface area contributed by atoms with Crippen LogP contribution in [0, 0.1) is 5.82 Å². The molecule has 1 aliphatic rings. The summed E-state index contributed by atoms with van der Waals surface area (Å²) in [5, 5.41) is 32.3. The van der Waals surface area contributed by atoms with Crippen LogP contribution in [0.5, 0.6) is 11.6 Å². The Morgan fingerprint density at radius 2 is 1.83 bits per heavy atom. The van der Waals surface area contributed by atoms with Crippen molar-refractivity contribution in [2.24, 2.45) is 0 Å². The number of anilines is 1. The highest BCUT2D eigenvalue weighted by Gasteiger charge is 2.34. The molecule has 1 amide bonds. The van der Waals surface area contributed by atoms with Crippen LogP contribution >= 0.6 is 0 Å². The Morgan fingerprint density at radius 1 is 1.12 bits per heavy atom. The molecule has 9 nitrogen and oxygen atoms in total. The summed E-state index contributed by atoms with van der Waals surface area (Å²) in [5.41, 5.74) is 1.46. The number of nitrogens with zero attached hydrogens (tertiary/aromatic N) is 1. The van der Waals surface area contributed by atoms with Gasteiger partial charge in [-0.1, -0.05) is 43.3 Å². The van der Waals surface area contributed by atoms with Crippen LogP contribution in [0.1, 0.15) is 48.8 Å². The smallest absolute Gasteiger partial charge is 0.329 e. The van der Waals surface area contributed by atoms with Gasteiger partial charge in [-0.05, 0) is 66.3 Å². The number of aliphatic hydroxyl groups excluding tert-OH is 2. The molecule has 5 N–H and O–H groups in total. The van der Waals surface area contributed by atoms with Gasteiger partial charge in [0.15, 0.2) is 0 Å². The second-order valence-electron chi connectivity index (χ2n) is 10.3. The summed E-state index contributed by atoms with van der Waals surface area (Å²) in [6, 6.07) is 19.0. The Morgan fingerprint density at radius 3 is 2.46 bits per heavy atom. The zero-order chi connectivity index (χ0) is 29.1. The van der Waals surface area contributed by atoms with Gasteiger partial charge in [0.1, 0.15) is 36.0 Å². The number of hydrogen-bond donors (Lipinski definition) is 5. The molecule has 10 heteroatoms. The second-order valence-corrected chi connectivity index (χ2v) is 10.3. The number of halogens is 1. The third-order valence-corrected chi connectivity index (χ3v) is 7.34. The van der Waals surface area contributed by atoms with Gasteiger partial charge >= 0.3 is 5.69 Å². The Balaban J connectivity index is 1.47. The van der Waals surface area contributed by atoms with E-state index in [1.807, 2.05) is 30.3 Å². The van der Waals surface area contributed by atoms with Crippen LogP contribution in [0.3, 0.4) is 0 Å². The normalized spacial score (nSPS) is 15.2. The van der Waals surface area contributed by atoms with Gasteiger partial charge in [0.05, 0.1) is 12.3 Å². The number of hydrogen-bond acceptors (Lipinski definition) is 6. The molecule has 0 saturated heterocycles. The van der Waals surface area contributed by atoms with Crippen LogP contribution in [0.2, 0.25) is 0 Å². The summed E-state index contributed by atoms with van der Waals surface area (Å²) in [6.45, 7) is 1.22. The maximum absolute atomic E-state index is 14.9. The fraction of sp³-hybridized carbons (Fsp3) is 0.290. The van der Waals surface area contributed by atoms with Crippen LogP contribution in [-0.2, 0) is 4.79 Å². The highest BCUT2D eigenvalue weighted by molar-refractivity contribution is 5.95. The van der Waals surface area contributed by atoms with Crippen LogP contribution in [0.4, 0.5) is 10.1 Å². The van der Waals surface area contributed by atoms with Crippen molar-refractivity contribution in [1.29, 1.82) is 0 Å². The third kappa shape index (κ3) is 6.18. The fourth-order valence-corrected chi connectivity index (χ4v) is 4.88. The van der Waals surface area contributed by atoms with Gasteiger partial charge in [-0.25, -0.2) is 13.8 Å². The molecule has 0 spiro atoms. The van der Waals surface area contributed by atoms with Crippen molar-refractivity contribution in [3.8, 4) is 22.9 Å². The van der Waals surface area contributed by atoms with Crippen LogP contribution < -0.4 is 15.7 Å². The molecule has 0 radical (unpaired) electrons. The molecule has 4 aromatic rings. The monoisotopic (exact) mass is 561 g/mol. The zero-order valence-corrected chi connectivity index (χ0v) is 22.5. The molecule has 41 heavy (non-hydrogen) atoms. The average Bonchev–Trinajstić information content (AvgIpc) is 3.80. The predicted octanol–water partition coefficient (Wildman–Crippen LogP) is 4.28. The highest BCUT2D eigenvalue weighted by atomic mass is 19.1. The topological polar surface area (TPSA) is 137 Å². The van der Waals surface area contributed by atoms with E-state index in [1.165, 1.54) is 12.1 Å². The number of rotatable bonds is 11. The molecule has 0 aliphatic heterocycles. The van der Waals surface area contributed by atoms with Crippen molar-refractivity contribution in [2.75, 3.05) is 18.5 Å². The Labute approximate surface area is 235 Å². The van der Waals surface area contributed by atoms with E-state index in [4.69, 9.17) is 9.84 Å². The van der Waals surface area contributed by atoms with Crippen LogP contribution in [0.15, 0.2) is 77.6 Å². The number of ether oxygens (including phenoxy) is 1. The molecular weight excluding hydrogens is 529 g/mol. The summed E-state index contributed by atoms with van der Waals surface area (Å²) in [6.07, 6.45) is 1.01. The second kappa shape index (κ2) is 12.0. The van der Waals surface area contributed by atoms with Crippen molar-refractivity contribution in [3.63, 3.8) is 0 Å². The lowest BCUT2D eigenvalue weighted by Crippen LogP contribution is -2.35. The predicted molar refractivity (Wildman–Crippen MR) is 152 cm³/mol. The first-order valence-corrected chi connectivity index (χ1v) is 13.5. The van der Waals surface area contributed by atoms with E-state index in [1.54, 1.807) is 37.3 Å². The number of amides is 1. The minimum absolute atomic E-state index is 0.00475. The number of aromatic amines is 1. The van der Waals surface area contributed by atoms with Crippen molar-refractivity contribution in [2.45, 2.75) is 43.7 Å². The number of nitrogens with one attached hydrogen (secondary N) is 2. The Bertz CT molecular complexity index is 1560. The number of benzene rings is 3. The molecule has 1 saturated carbocycles. The van der Waals surface area contributed by atoms with E-state index < -0.39 is 48.0 Å². The number of aromatic hydroxyl groups is 1. The van der Waals surface area contributed by atoms with Gasteiger partial charge in [-0.3, -0.25) is 4.79 Å². The number of H-pyrrole nitrogens is 1.